The highest BCUT2D eigenvalue weighted by Crippen LogP contribution is 2.33. The number of para-hydroxylation sites is 1. The third-order valence-corrected chi connectivity index (χ3v) is 3.87. The average Bonchev–Trinajstić information content (AvgIpc) is 2.81. The Morgan fingerprint density at radius 2 is 2.06 bits per heavy atom. The van der Waals surface area contributed by atoms with Gasteiger partial charge >= 0.3 is 0 Å². The van der Waals surface area contributed by atoms with E-state index in [-0.39, 0.29) is 5.91 Å². The lowest BCUT2D eigenvalue weighted by Gasteiger charge is -2.11. The molecule has 3 rings (SSSR count). The SMILES string of the molecule is CC1CC(C)C(/C=C2\C(=O)Nc3ccccc32)N1. The van der Waals surface area contributed by atoms with Gasteiger partial charge in [-0.1, -0.05) is 31.2 Å². The molecule has 2 aliphatic rings. The van der Waals surface area contributed by atoms with Crippen LogP contribution in [0.15, 0.2) is 30.3 Å². The quantitative estimate of drug-likeness (QED) is 0.742. The van der Waals surface area contributed by atoms with E-state index < -0.39 is 0 Å². The van der Waals surface area contributed by atoms with Crippen molar-refractivity contribution in [2.45, 2.75) is 32.4 Å². The Bertz CT molecular complexity index is 521. The average molecular weight is 242 g/mol. The van der Waals surface area contributed by atoms with Gasteiger partial charge in [-0.3, -0.25) is 4.79 Å². The first kappa shape index (κ1) is 11.5. The van der Waals surface area contributed by atoms with Crippen LogP contribution in [0.1, 0.15) is 25.8 Å². The Balaban J connectivity index is 1.95. The molecular weight excluding hydrogens is 224 g/mol. The first-order chi connectivity index (χ1) is 8.65. The van der Waals surface area contributed by atoms with Gasteiger partial charge in [-0.05, 0) is 25.3 Å². The molecule has 3 nitrogen and oxygen atoms in total. The number of carbonyl (C=O) groups is 1. The third kappa shape index (κ3) is 1.85. The van der Waals surface area contributed by atoms with Crippen molar-refractivity contribution in [3.05, 3.63) is 35.9 Å². The van der Waals surface area contributed by atoms with E-state index in [9.17, 15) is 4.79 Å². The summed E-state index contributed by atoms with van der Waals surface area (Å²) in [7, 11) is 0. The Morgan fingerprint density at radius 3 is 2.78 bits per heavy atom. The zero-order valence-corrected chi connectivity index (χ0v) is 10.7. The fourth-order valence-electron chi connectivity index (χ4n) is 2.96. The van der Waals surface area contributed by atoms with E-state index in [4.69, 9.17) is 0 Å². The molecule has 1 amide bonds. The molecular formula is C15H18N2O. The monoisotopic (exact) mass is 242 g/mol. The van der Waals surface area contributed by atoms with Crippen molar-refractivity contribution in [2.75, 3.05) is 5.32 Å². The molecule has 1 aromatic rings. The maximum Gasteiger partial charge on any atom is 0.256 e. The molecule has 2 N–H and O–H groups in total. The number of fused-ring (bicyclic) bond motifs is 1. The number of benzene rings is 1. The van der Waals surface area contributed by atoms with E-state index in [1.807, 2.05) is 24.3 Å². The normalized spacial score (nSPS) is 32.7. The first-order valence-corrected chi connectivity index (χ1v) is 6.54. The van der Waals surface area contributed by atoms with Gasteiger partial charge in [0.15, 0.2) is 0 Å². The molecule has 0 spiro atoms. The van der Waals surface area contributed by atoms with Crippen molar-refractivity contribution in [1.29, 1.82) is 0 Å². The lowest BCUT2D eigenvalue weighted by Crippen LogP contribution is -2.28. The highest BCUT2D eigenvalue weighted by Gasteiger charge is 2.30. The Morgan fingerprint density at radius 1 is 1.28 bits per heavy atom. The number of nitrogens with one attached hydrogen (secondary N) is 2. The number of hydrogen-bond donors (Lipinski definition) is 2. The van der Waals surface area contributed by atoms with Crippen molar-refractivity contribution in [3.8, 4) is 0 Å². The van der Waals surface area contributed by atoms with E-state index in [1.54, 1.807) is 0 Å². The highest BCUT2D eigenvalue weighted by atomic mass is 16.2. The Labute approximate surface area is 107 Å². The molecule has 2 aliphatic heterocycles. The van der Waals surface area contributed by atoms with Gasteiger partial charge in [0.2, 0.25) is 0 Å². The Hall–Kier alpha value is -1.61. The van der Waals surface area contributed by atoms with E-state index in [2.05, 4.69) is 30.6 Å². The first-order valence-electron chi connectivity index (χ1n) is 6.54. The van der Waals surface area contributed by atoms with Crippen molar-refractivity contribution in [1.82, 2.24) is 5.32 Å². The smallest absolute Gasteiger partial charge is 0.256 e. The Kier molecular flexibility index (Phi) is 2.71. The molecule has 94 valence electrons. The van der Waals surface area contributed by atoms with Crippen molar-refractivity contribution >= 4 is 17.2 Å². The summed E-state index contributed by atoms with van der Waals surface area (Å²) < 4.78 is 0. The van der Waals surface area contributed by atoms with Gasteiger partial charge in [-0.2, -0.15) is 0 Å². The number of amides is 1. The van der Waals surface area contributed by atoms with Crippen LogP contribution in [0.3, 0.4) is 0 Å². The van der Waals surface area contributed by atoms with Gasteiger partial charge in [-0.15, -0.1) is 0 Å². The topological polar surface area (TPSA) is 41.1 Å². The minimum atomic E-state index is 0.0183. The number of hydrogen-bond acceptors (Lipinski definition) is 2. The second kappa shape index (κ2) is 4.25. The van der Waals surface area contributed by atoms with Crippen molar-refractivity contribution in [3.63, 3.8) is 0 Å². The number of carbonyl (C=O) groups excluding carboxylic acids is 1. The van der Waals surface area contributed by atoms with Crippen molar-refractivity contribution < 1.29 is 4.79 Å². The summed E-state index contributed by atoms with van der Waals surface area (Å²) in [6, 6.07) is 8.69. The van der Waals surface area contributed by atoms with Gasteiger partial charge in [0.05, 0.1) is 0 Å². The molecule has 3 unspecified atom stereocenters. The van der Waals surface area contributed by atoms with E-state index in [1.165, 1.54) is 0 Å². The second-order valence-electron chi connectivity index (χ2n) is 5.39. The van der Waals surface area contributed by atoms with Crippen LogP contribution in [0.2, 0.25) is 0 Å². The van der Waals surface area contributed by atoms with Crippen LogP contribution in [0.4, 0.5) is 5.69 Å². The van der Waals surface area contributed by atoms with Crippen LogP contribution in [0, 0.1) is 5.92 Å². The maximum atomic E-state index is 12.0. The molecule has 1 fully saturated rings. The molecule has 1 saturated heterocycles. The van der Waals surface area contributed by atoms with Crippen LogP contribution in [0.5, 0.6) is 0 Å². The molecule has 3 atom stereocenters. The fraction of sp³-hybridized carbons (Fsp3) is 0.400. The van der Waals surface area contributed by atoms with E-state index >= 15 is 0 Å². The van der Waals surface area contributed by atoms with Crippen molar-refractivity contribution in [2.24, 2.45) is 5.92 Å². The van der Waals surface area contributed by atoms with E-state index in [0.717, 1.165) is 23.2 Å². The van der Waals surface area contributed by atoms with Gasteiger partial charge in [-0.25, -0.2) is 0 Å². The summed E-state index contributed by atoms with van der Waals surface area (Å²) in [5, 5.41) is 6.44. The van der Waals surface area contributed by atoms with Crippen LogP contribution in [-0.2, 0) is 4.79 Å². The lowest BCUT2D eigenvalue weighted by atomic mass is 9.97. The van der Waals surface area contributed by atoms with Crippen LogP contribution in [0.25, 0.3) is 5.57 Å². The summed E-state index contributed by atoms with van der Waals surface area (Å²) in [6.07, 6.45) is 3.26. The summed E-state index contributed by atoms with van der Waals surface area (Å²) in [4.78, 5) is 12.0. The summed E-state index contributed by atoms with van der Waals surface area (Å²) >= 11 is 0. The standard InChI is InChI=1S/C15H18N2O/c1-9-7-10(2)16-14(9)8-12-11-5-3-4-6-13(11)17-15(12)18/h3-6,8-10,14,16H,7H2,1-2H3,(H,17,18)/b12-8-. The minimum Gasteiger partial charge on any atom is -0.321 e. The number of anilines is 1. The molecule has 1 aromatic carbocycles. The van der Waals surface area contributed by atoms with Crippen LogP contribution < -0.4 is 10.6 Å². The predicted octanol–water partition coefficient (Wildman–Crippen LogP) is 2.41. The zero-order chi connectivity index (χ0) is 12.7. The molecule has 18 heavy (non-hydrogen) atoms. The summed E-state index contributed by atoms with van der Waals surface area (Å²) in [5.41, 5.74) is 2.76. The van der Waals surface area contributed by atoms with Crippen LogP contribution in [-0.4, -0.2) is 18.0 Å². The largest absolute Gasteiger partial charge is 0.321 e. The van der Waals surface area contributed by atoms with Gasteiger partial charge in [0, 0.05) is 28.9 Å². The molecule has 0 radical (unpaired) electrons. The lowest BCUT2D eigenvalue weighted by molar-refractivity contribution is -0.110. The summed E-state index contributed by atoms with van der Waals surface area (Å²) in [6.45, 7) is 4.43. The number of rotatable bonds is 1. The molecule has 0 aliphatic carbocycles. The maximum absolute atomic E-state index is 12.0. The van der Waals surface area contributed by atoms with Gasteiger partial charge < -0.3 is 10.6 Å². The second-order valence-corrected chi connectivity index (χ2v) is 5.39. The molecule has 3 heteroatoms. The zero-order valence-electron chi connectivity index (χ0n) is 10.7. The molecule has 0 bridgehead atoms. The molecule has 0 saturated carbocycles. The van der Waals surface area contributed by atoms with Crippen LogP contribution >= 0.6 is 0 Å². The van der Waals surface area contributed by atoms with Gasteiger partial charge in [0.1, 0.15) is 0 Å². The van der Waals surface area contributed by atoms with E-state index in [0.29, 0.717) is 18.0 Å². The van der Waals surface area contributed by atoms with Gasteiger partial charge in [0.25, 0.3) is 5.91 Å². The molecule has 2 heterocycles. The fourth-order valence-corrected chi connectivity index (χ4v) is 2.96. The minimum absolute atomic E-state index is 0.0183. The molecule has 0 aromatic heterocycles. The predicted molar refractivity (Wildman–Crippen MR) is 73.2 cm³/mol. The third-order valence-electron chi connectivity index (χ3n) is 3.87. The highest BCUT2D eigenvalue weighted by molar-refractivity contribution is 6.31. The summed E-state index contributed by atoms with van der Waals surface area (Å²) in [5.74, 6) is 0.595.